The smallest absolute Gasteiger partial charge is 0.372 e. The summed E-state index contributed by atoms with van der Waals surface area (Å²) in [7, 11) is 0. The van der Waals surface area contributed by atoms with Crippen molar-refractivity contribution in [2.75, 3.05) is 44.3 Å². The van der Waals surface area contributed by atoms with Gasteiger partial charge in [-0.25, -0.2) is 8.78 Å². The van der Waals surface area contributed by atoms with Gasteiger partial charge in [0.05, 0.1) is 0 Å². The van der Waals surface area contributed by atoms with Gasteiger partial charge in [-0.15, -0.1) is 0 Å². The van der Waals surface area contributed by atoms with Gasteiger partial charge in [0, 0.05) is 38.8 Å². The molecule has 1 fully saturated rings. The molecule has 0 amide bonds. The number of rotatable bonds is 8. The largest absolute Gasteiger partial charge is 0.411 e. The lowest BCUT2D eigenvalue weighted by Crippen LogP contribution is -2.44. The van der Waals surface area contributed by atoms with Crippen LogP contribution in [0.15, 0.2) is 23.2 Å². The highest BCUT2D eigenvalue weighted by atomic mass is 19.4. The monoisotopic (exact) mass is 408 g/mol. The van der Waals surface area contributed by atoms with Gasteiger partial charge in [-0.2, -0.15) is 13.2 Å². The first kappa shape index (κ1) is 22.2. The first-order valence-electron chi connectivity index (χ1n) is 9.18. The molecule has 0 radical (unpaired) electrons. The topological polar surface area (TPSA) is 48.9 Å². The molecule has 5 nitrogen and oxygen atoms in total. The Kier molecular flexibility index (Phi) is 8.28. The molecule has 0 saturated carbocycles. The van der Waals surface area contributed by atoms with Crippen LogP contribution in [-0.4, -0.2) is 57.6 Å². The summed E-state index contributed by atoms with van der Waals surface area (Å²) in [6, 6.07) is 3.73. The van der Waals surface area contributed by atoms with Crippen LogP contribution in [0.5, 0.6) is 0 Å². The van der Waals surface area contributed by atoms with E-state index < -0.39 is 24.4 Å². The highest BCUT2D eigenvalue weighted by Gasteiger charge is 2.28. The molecule has 2 N–H and O–H groups in total. The maximum absolute atomic E-state index is 13.9. The second-order valence-corrected chi connectivity index (χ2v) is 6.43. The van der Waals surface area contributed by atoms with E-state index in [-0.39, 0.29) is 18.3 Å². The number of halogens is 5. The fourth-order valence-corrected chi connectivity index (χ4v) is 2.93. The third-order valence-corrected chi connectivity index (χ3v) is 4.11. The zero-order valence-corrected chi connectivity index (χ0v) is 15.7. The molecule has 0 spiro atoms. The van der Waals surface area contributed by atoms with E-state index in [2.05, 4.69) is 20.4 Å². The van der Waals surface area contributed by atoms with E-state index in [4.69, 9.17) is 0 Å². The molecule has 0 aliphatic carbocycles. The average molecular weight is 408 g/mol. The molecule has 0 aromatic heterocycles. The van der Waals surface area contributed by atoms with Crippen molar-refractivity contribution in [3.05, 3.63) is 29.8 Å². The normalized spacial score (nSPS) is 17.9. The van der Waals surface area contributed by atoms with Crippen LogP contribution in [-0.2, 0) is 4.74 Å². The molecule has 1 unspecified atom stereocenters. The number of nitrogens with zero attached hydrogens (tertiary/aromatic N) is 2. The Bertz CT molecular complexity index is 633. The number of ether oxygens (including phenoxy) is 1. The highest BCUT2D eigenvalue weighted by Crippen LogP contribution is 2.26. The number of anilines is 1. The summed E-state index contributed by atoms with van der Waals surface area (Å²) in [6.45, 7) is 2.41. The lowest BCUT2D eigenvalue weighted by Gasteiger charge is -2.21. The molecule has 10 heteroatoms. The first-order valence-corrected chi connectivity index (χ1v) is 9.18. The van der Waals surface area contributed by atoms with Crippen LogP contribution in [0.4, 0.5) is 27.6 Å². The number of hydrogen-bond acceptors (Lipinski definition) is 3. The van der Waals surface area contributed by atoms with Crippen LogP contribution in [0.25, 0.3) is 0 Å². The second kappa shape index (κ2) is 10.4. The average Bonchev–Trinajstić information content (AvgIpc) is 3.05. The van der Waals surface area contributed by atoms with Gasteiger partial charge in [-0.3, -0.25) is 4.99 Å². The molecular weight excluding hydrogens is 383 g/mol. The zero-order valence-electron chi connectivity index (χ0n) is 15.7. The van der Waals surface area contributed by atoms with Gasteiger partial charge in [-0.05, 0) is 31.9 Å². The molecule has 2 rings (SSSR count). The van der Waals surface area contributed by atoms with E-state index in [1.54, 1.807) is 4.90 Å². The number of guanidine groups is 1. The van der Waals surface area contributed by atoms with E-state index in [1.807, 2.05) is 6.92 Å². The van der Waals surface area contributed by atoms with Gasteiger partial charge in [0.15, 0.2) is 5.96 Å². The van der Waals surface area contributed by atoms with Crippen LogP contribution in [0.3, 0.4) is 0 Å². The Morgan fingerprint density at radius 2 is 2.00 bits per heavy atom. The SMILES string of the molecule is CCNC(=NCCCOCC(F)(F)F)NC1CCN(c2c(F)cccc2F)C1. The molecule has 1 aromatic carbocycles. The van der Waals surface area contributed by atoms with Crippen molar-refractivity contribution in [3.8, 4) is 0 Å². The number of hydrogen-bond donors (Lipinski definition) is 2. The minimum absolute atomic E-state index is 0.0319. The van der Waals surface area contributed by atoms with E-state index in [9.17, 15) is 22.0 Å². The van der Waals surface area contributed by atoms with E-state index >= 15 is 0 Å². The fraction of sp³-hybridized carbons (Fsp3) is 0.611. The van der Waals surface area contributed by atoms with E-state index in [0.717, 1.165) is 0 Å². The van der Waals surface area contributed by atoms with Gasteiger partial charge in [0.2, 0.25) is 0 Å². The van der Waals surface area contributed by atoms with Crippen molar-refractivity contribution in [2.24, 2.45) is 4.99 Å². The van der Waals surface area contributed by atoms with Crippen LogP contribution < -0.4 is 15.5 Å². The van der Waals surface area contributed by atoms with Crippen LogP contribution in [0, 0.1) is 11.6 Å². The molecular formula is C18H25F5N4O. The van der Waals surface area contributed by atoms with Crippen molar-refractivity contribution in [1.82, 2.24) is 10.6 Å². The summed E-state index contributed by atoms with van der Waals surface area (Å²) in [5, 5.41) is 6.26. The minimum Gasteiger partial charge on any atom is -0.372 e. The van der Waals surface area contributed by atoms with Gasteiger partial charge in [0.25, 0.3) is 0 Å². The van der Waals surface area contributed by atoms with E-state index in [1.165, 1.54) is 18.2 Å². The highest BCUT2D eigenvalue weighted by molar-refractivity contribution is 5.80. The lowest BCUT2D eigenvalue weighted by atomic mass is 10.2. The quantitative estimate of drug-likeness (QED) is 0.301. The van der Waals surface area contributed by atoms with Crippen LogP contribution in [0.2, 0.25) is 0 Å². The van der Waals surface area contributed by atoms with Crippen LogP contribution >= 0.6 is 0 Å². The molecule has 1 heterocycles. The lowest BCUT2D eigenvalue weighted by molar-refractivity contribution is -0.173. The Hall–Kier alpha value is -2.10. The summed E-state index contributed by atoms with van der Waals surface area (Å²) < 4.78 is 68.4. The van der Waals surface area contributed by atoms with Crippen molar-refractivity contribution in [1.29, 1.82) is 0 Å². The predicted molar refractivity (Wildman–Crippen MR) is 97.6 cm³/mol. The number of benzene rings is 1. The third-order valence-electron chi connectivity index (χ3n) is 4.11. The predicted octanol–water partition coefficient (Wildman–Crippen LogP) is 3.07. The molecule has 1 atom stereocenters. The standard InChI is InChI=1S/C18H25F5N4O/c1-2-24-17(25-8-4-10-28-12-18(21,22)23)26-13-7-9-27(11-13)16-14(19)5-3-6-15(16)20/h3,5-6,13H,2,4,7-12H2,1H3,(H2,24,25,26). The first-order chi connectivity index (χ1) is 13.3. The molecule has 1 aliphatic rings. The number of nitrogens with one attached hydrogen (secondary N) is 2. The van der Waals surface area contributed by atoms with E-state index in [0.29, 0.717) is 45.0 Å². The summed E-state index contributed by atoms with van der Waals surface area (Å²) in [5.74, 6) is -0.681. The number of alkyl halides is 3. The summed E-state index contributed by atoms with van der Waals surface area (Å²) in [5.41, 5.74) is -0.0319. The van der Waals surface area contributed by atoms with Gasteiger partial charge in [-0.1, -0.05) is 6.07 Å². The van der Waals surface area contributed by atoms with Crippen molar-refractivity contribution in [3.63, 3.8) is 0 Å². The van der Waals surface area contributed by atoms with Crippen molar-refractivity contribution in [2.45, 2.75) is 32.0 Å². The minimum atomic E-state index is -4.33. The molecule has 1 aromatic rings. The Balaban J connectivity index is 1.82. The number of aliphatic imine (C=N–C) groups is 1. The zero-order chi connectivity index (χ0) is 20.6. The summed E-state index contributed by atoms with van der Waals surface area (Å²) >= 11 is 0. The summed E-state index contributed by atoms with van der Waals surface area (Å²) in [4.78, 5) is 5.96. The Morgan fingerprint density at radius 3 is 2.64 bits per heavy atom. The van der Waals surface area contributed by atoms with Gasteiger partial charge in [0.1, 0.15) is 23.9 Å². The second-order valence-electron chi connectivity index (χ2n) is 6.43. The van der Waals surface area contributed by atoms with Crippen LogP contribution in [0.1, 0.15) is 19.8 Å². The fourth-order valence-electron chi connectivity index (χ4n) is 2.93. The molecule has 158 valence electrons. The maximum Gasteiger partial charge on any atom is 0.411 e. The summed E-state index contributed by atoms with van der Waals surface area (Å²) in [6.07, 6.45) is -3.30. The van der Waals surface area contributed by atoms with Crippen molar-refractivity contribution >= 4 is 11.6 Å². The number of para-hydroxylation sites is 1. The maximum atomic E-state index is 13.9. The van der Waals surface area contributed by atoms with Gasteiger partial charge < -0.3 is 20.3 Å². The van der Waals surface area contributed by atoms with Crippen molar-refractivity contribution < 1.29 is 26.7 Å². The Labute approximate surface area is 161 Å². The molecule has 1 saturated heterocycles. The Morgan fingerprint density at radius 1 is 1.29 bits per heavy atom. The van der Waals surface area contributed by atoms with Gasteiger partial charge >= 0.3 is 6.18 Å². The molecule has 1 aliphatic heterocycles. The molecule has 28 heavy (non-hydrogen) atoms. The third kappa shape index (κ3) is 7.14. The molecule has 0 bridgehead atoms.